The van der Waals surface area contributed by atoms with Gasteiger partial charge in [0.2, 0.25) is 5.91 Å². The summed E-state index contributed by atoms with van der Waals surface area (Å²) >= 11 is 6.39. The molecule has 4 atom stereocenters. The Labute approximate surface area is 259 Å². The molecule has 3 aliphatic rings. The lowest BCUT2D eigenvalue weighted by Gasteiger charge is -2.44. The summed E-state index contributed by atoms with van der Waals surface area (Å²) in [5.41, 5.74) is 0.993. The van der Waals surface area contributed by atoms with Crippen molar-refractivity contribution in [3.05, 3.63) is 58.1 Å². The molecule has 232 valence electrons. The van der Waals surface area contributed by atoms with Gasteiger partial charge in [0.25, 0.3) is 0 Å². The monoisotopic (exact) mass is 610 g/mol. The highest BCUT2D eigenvalue weighted by atomic mass is 35.5. The summed E-state index contributed by atoms with van der Waals surface area (Å²) in [6, 6.07) is 11.3. The van der Waals surface area contributed by atoms with Crippen LogP contribution in [0.4, 0.5) is 5.69 Å². The SMILES string of the molecule is CCCN(C)C(=O)CC(O)(C(=O)OC)c1ccc2c(c1)N(C[C@@H]1CC[C@H]1C(C)=O)C[C@@]1(CCCc3cc(Cl)ccc31)CO2. The van der Waals surface area contributed by atoms with Gasteiger partial charge in [0.1, 0.15) is 11.5 Å². The van der Waals surface area contributed by atoms with Crippen LogP contribution in [0, 0.1) is 11.8 Å². The van der Waals surface area contributed by atoms with E-state index in [1.165, 1.54) is 23.1 Å². The Balaban J connectivity index is 1.57. The number of esters is 1. The zero-order valence-electron chi connectivity index (χ0n) is 25.7. The maximum atomic E-state index is 13.1. The van der Waals surface area contributed by atoms with Crippen molar-refractivity contribution >= 4 is 34.9 Å². The number of aliphatic hydroxyl groups is 1. The Hall–Kier alpha value is -3.10. The van der Waals surface area contributed by atoms with Crippen LogP contribution in [-0.4, -0.2) is 68.1 Å². The lowest BCUT2D eigenvalue weighted by atomic mass is 9.69. The quantitative estimate of drug-likeness (QED) is 0.397. The summed E-state index contributed by atoms with van der Waals surface area (Å²) in [4.78, 5) is 42.4. The molecule has 9 heteroatoms. The number of Topliss-reactive ketones (excluding diaryl/α,β-unsaturated/α-hetero) is 1. The summed E-state index contributed by atoms with van der Waals surface area (Å²) in [7, 11) is 2.87. The summed E-state index contributed by atoms with van der Waals surface area (Å²) in [5.74, 6) is -0.186. The fraction of sp³-hybridized carbons (Fsp3) is 0.559. The number of carbonyl (C=O) groups excluding carboxylic acids is 3. The first-order valence-electron chi connectivity index (χ1n) is 15.4. The van der Waals surface area contributed by atoms with E-state index in [4.69, 9.17) is 21.1 Å². The van der Waals surface area contributed by atoms with Crippen molar-refractivity contribution in [1.29, 1.82) is 0 Å². The molecule has 8 nitrogen and oxygen atoms in total. The zero-order valence-corrected chi connectivity index (χ0v) is 26.4. The first-order valence-corrected chi connectivity index (χ1v) is 15.8. The van der Waals surface area contributed by atoms with Crippen molar-refractivity contribution < 1.29 is 29.0 Å². The average molecular weight is 611 g/mol. The van der Waals surface area contributed by atoms with E-state index in [-0.39, 0.29) is 34.5 Å². The molecule has 1 saturated carbocycles. The second-order valence-corrected chi connectivity index (χ2v) is 13.1. The highest BCUT2D eigenvalue weighted by Gasteiger charge is 2.46. The van der Waals surface area contributed by atoms with E-state index in [2.05, 4.69) is 17.0 Å². The minimum Gasteiger partial charge on any atom is -0.490 e. The van der Waals surface area contributed by atoms with Gasteiger partial charge in [0, 0.05) is 43.0 Å². The Morgan fingerprint density at radius 1 is 1.21 bits per heavy atom. The summed E-state index contributed by atoms with van der Waals surface area (Å²) < 4.78 is 11.6. The van der Waals surface area contributed by atoms with Gasteiger partial charge in [-0.1, -0.05) is 30.7 Å². The van der Waals surface area contributed by atoms with Crippen molar-refractivity contribution in [1.82, 2.24) is 4.90 Å². The maximum Gasteiger partial charge on any atom is 0.343 e. The molecule has 1 aliphatic heterocycles. The molecule has 2 aromatic rings. The van der Waals surface area contributed by atoms with Gasteiger partial charge < -0.3 is 24.4 Å². The van der Waals surface area contributed by atoms with Gasteiger partial charge in [-0.3, -0.25) is 9.59 Å². The van der Waals surface area contributed by atoms with Crippen molar-refractivity contribution in [2.75, 3.05) is 45.3 Å². The van der Waals surface area contributed by atoms with Crippen LogP contribution in [0.3, 0.4) is 0 Å². The molecule has 0 radical (unpaired) electrons. The van der Waals surface area contributed by atoms with E-state index in [0.717, 1.165) is 49.2 Å². The fourth-order valence-electron chi connectivity index (χ4n) is 7.25. The van der Waals surface area contributed by atoms with E-state index in [1.807, 2.05) is 13.0 Å². The molecular weight excluding hydrogens is 568 g/mol. The number of fused-ring (bicyclic) bond motifs is 3. The molecule has 1 N–H and O–H groups in total. The predicted molar refractivity (Wildman–Crippen MR) is 166 cm³/mol. The van der Waals surface area contributed by atoms with Gasteiger partial charge >= 0.3 is 5.97 Å². The van der Waals surface area contributed by atoms with Crippen LogP contribution in [0.5, 0.6) is 5.75 Å². The molecule has 1 unspecified atom stereocenters. The Morgan fingerprint density at radius 3 is 2.67 bits per heavy atom. The third-order valence-electron chi connectivity index (χ3n) is 9.82. The van der Waals surface area contributed by atoms with E-state index in [0.29, 0.717) is 32.0 Å². The van der Waals surface area contributed by atoms with Gasteiger partial charge in [-0.05, 0) is 92.3 Å². The number of halogens is 1. The molecule has 0 bridgehead atoms. The van der Waals surface area contributed by atoms with E-state index >= 15 is 0 Å². The Bertz CT molecular complexity index is 1400. The summed E-state index contributed by atoms with van der Waals surface area (Å²) in [5, 5.41) is 12.5. The topological polar surface area (TPSA) is 96.4 Å². The van der Waals surface area contributed by atoms with E-state index in [1.54, 1.807) is 32.2 Å². The molecule has 5 rings (SSSR count). The first-order chi connectivity index (χ1) is 20.5. The standard InChI is InChI=1S/C34H43ClN2O6/c1-5-15-36(3)31(39)18-34(41,32(40)42-4)25-9-13-30-29(17-25)37(19-24-8-11-27(24)22(2)38)20-33(21-43-30)14-6-7-23-16-26(35)10-12-28(23)33/h9-10,12-13,16-17,24,27,41H,5-8,11,14-15,18-21H2,1-4H3/t24-,27-,33-,34?/m0/s1. The second-order valence-electron chi connectivity index (χ2n) is 12.7. The molecule has 2 aliphatic carbocycles. The number of hydrogen-bond donors (Lipinski definition) is 1. The lowest BCUT2D eigenvalue weighted by molar-refractivity contribution is -0.168. The maximum absolute atomic E-state index is 13.1. The number of rotatable bonds is 9. The lowest BCUT2D eigenvalue weighted by Crippen LogP contribution is -2.49. The van der Waals surface area contributed by atoms with Crippen LogP contribution in [0.1, 0.15) is 69.1 Å². The van der Waals surface area contributed by atoms with Crippen LogP contribution in [0.2, 0.25) is 5.02 Å². The van der Waals surface area contributed by atoms with E-state index < -0.39 is 18.0 Å². The number of ketones is 1. The second kappa shape index (κ2) is 12.5. The van der Waals surface area contributed by atoms with Crippen molar-refractivity contribution in [3.63, 3.8) is 0 Å². The van der Waals surface area contributed by atoms with Gasteiger partial charge in [-0.25, -0.2) is 4.79 Å². The highest BCUT2D eigenvalue weighted by molar-refractivity contribution is 6.30. The molecule has 0 aromatic heterocycles. The van der Waals surface area contributed by atoms with Gasteiger partial charge in [-0.2, -0.15) is 0 Å². The van der Waals surface area contributed by atoms with Gasteiger partial charge in [0.15, 0.2) is 5.60 Å². The van der Waals surface area contributed by atoms with Crippen LogP contribution >= 0.6 is 11.6 Å². The number of benzene rings is 2. The third kappa shape index (κ3) is 6.01. The number of carbonyl (C=O) groups is 3. The number of amides is 1. The number of nitrogens with zero attached hydrogens (tertiary/aromatic N) is 2. The molecule has 1 fully saturated rings. The fourth-order valence-corrected chi connectivity index (χ4v) is 7.45. The molecule has 2 aromatic carbocycles. The number of ether oxygens (including phenoxy) is 2. The van der Waals surface area contributed by atoms with Gasteiger partial charge in [-0.15, -0.1) is 0 Å². The van der Waals surface area contributed by atoms with Gasteiger partial charge in [0.05, 0.1) is 25.8 Å². The minimum absolute atomic E-state index is 0.0166. The number of anilines is 1. The molecule has 1 amide bonds. The Morgan fingerprint density at radius 2 is 2.00 bits per heavy atom. The van der Waals surface area contributed by atoms with Crippen LogP contribution < -0.4 is 9.64 Å². The highest BCUT2D eigenvalue weighted by Crippen LogP contribution is 2.47. The largest absolute Gasteiger partial charge is 0.490 e. The number of methoxy groups -OCH3 is 1. The molecule has 1 heterocycles. The number of aryl methyl sites for hydroxylation is 1. The first kappa shape index (κ1) is 31.3. The summed E-state index contributed by atoms with van der Waals surface area (Å²) in [6.45, 7) is 5.89. The number of hydrogen-bond acceptors (Lipinski definition) is 7. The molecular formula is C34H43ClN2O6. The zero-order chi connectivity index (χ0) is 30.9. The predicted octanol–water partition coefficient (Wildman–Crippen LogP) is 5.05. The molecule has 0 saturated heterocycles. The van der Waals surface area contributed by atoms with Crippen LogP contribution in [-0.2, 0) is 36.6 Å². The van der Waals surface area contributed by atoms with Crippen molar-refractivity contribution in [2.45, 2.75) is 69.8 Å². The van der Waals surface area contributed by atoms with Crippen molar-refractivity contribution in [3.8, 4) is 5.75 Å². The normalized spacial score (nSPS) is 24.0. The molecule has 43 heavy (non-hydrogen) atoms. The third-order valence-corrected chi connectivity index (χ3v) is 10.1. The molecule has 1 spiro atoms. The Kier molecular flexibility index (Phi) is 9.10. The smallest absolute Gasteiger partial charge is 0.343 e. The minimum atomic E-state index is -2.18. The summed E-state index contributed by atoms with van der Waals surface area (Å²) in [6.07, 6.45) is 5.05. The van der Waals surface area contributed by atoms with E-state index in [9.17, 15) is 19.5 Å². The van der Waals surface area contributed by atoms with Crippen LogP contribution in [0.15, 0.2) is 36.4 Å². The van der Waals surface area contributed by atoms with Crippen molar-refractivity contribution in [2.24, 2.45) is 11.8 Å². The van der Waals surface area contributed by atoms with Crippen LogP contribution in [0.25, 0.3) is 0 Å². The average Bonchev–Trinajstić information content (AvgIpc) is 3.11.